The summed E-state index contributed by atoms with van der Waals surface area (Å²) < 4.78 is 12.4. The van der Waals surface area contributed by atoms with Gasteiger partial charge in [-0.25, -0.2) is 4.79 Å². The first kappa shape index (κ1) is 15.7. The molecule has 0 aliphatic rings. The van der Waals surface area contributed by atoms with Crippen molar-refractivity contribution in [3.8, 4) is 22.8 Å². The fraction of sp³-hybridized carbons (Fsp3) is 0. The zero-order chi connectivity index (χ0) is 17.2. The summed E-state index contributed by atoms with van der Waals surface area (Å²) in [5.41, 5.74) is 0.347. The summed E-state index contributed by atoms with van der Waals surface area (Å²) in [7, 11) is 0. The van der Waals surface area contributed by atoms with E-state index in [4.69, 9.17) is 9.15 Å². The van der Waals surface area contributed by atoms with Gasteiger partial charge in [-0.15, -0.1) is 0 Å². The molecule has 122 valence electrons. The van der Waals surface area contributed by atoms with Gasteiger partial charge in [-0.3, -0.25) is 0 Å². The van der Waals surface area contributed by atoms with Crippen LogP contribution in [0.15, 0.2) is 92.5 Å². The summed E-state index contributed by atoms with van der Waals surface area (Å²) >= 11 is 3.47. The Labute approximate surface area is 152 Å². The topological polar surface area (TPSA) is 39.4 Å². The van der Waals surface area contributed by atoms with Crippen LogP contribution < -0.4 is 10.4 Å². The Bertz CT molecular complexity index is 1100. The zero-order valence-corrected chi connectivity index (χ0v) is 14.7. The summed E-state index contributed by atoms with van der Waals surface area (Å²) in [6.45, 7) is 0. The summed E-state index contributed by atoms with van der Waals surface area (Å²) in [5.74, 6) is 1.80. The van der Waals surface area contributed by atoms with Gasteiger partial charge in [0, 0.05) is 4.47 Å². The Morgan fingerprint density at radius 3 is 2.44 bits per heavy atom. The summed E-state index contributed by atoms with van der Waals surface area (Å²) in [6, 6.07) is 24.3. The molecule has 4 rings (SSSR count). The fourth-order valence-corrected chi connectivity index (χ4v) is 3.03. The maximum atomic E-state index is 12.3. The molecule has 0 spiro atoms. The van der Waals surface area contributed by atoms with E-state index in [1.165, 1.54) is 0 Å². The lowest BCUT2D eigenvalue weighted by atomic mass is 10.1. The minimum Gasteiger partial charge on any atom is -0.457 e. The molecule has 1 aromatic heterocycles. The van der Waals surface area contributed by atoms with Crippen molar-refractivity contribution in [3.63, 3.8) is 0 Å². The molecule has 25 heavy (non-hydrogen) atoms. The van der Waals surface area contributed by atoms with Crippen LogP contribution in [0.1, 0.15) is 0 Å². The maximum absolute atomic E-state index is 12.3. The van der Waals surface area contributed by atoms with Crippen LogP contribution in [0.25, 0.3) is 22.1 Å². The van der Waals surface area contributed by atoms with E-state index in [0.29, 0.717) is 28.2 Å². The number of rotatable bonds is 3. The lowest BCUT2D eigenvalue weighted by Gasteiger charge is -2.11. The van der Waals surface area contributed by atoms with Crippen molar-refractivity contribution in [1.82, 2.24) is 0 Å². The van der Waals surface area contributed by atoms with Gasteiger partial charge in [-0.05, 0) is 47.9 Å². The molecule has 0 saturated carbocycles. The number of para-hydroxylation sites is 1. The van der Waals surface area contributed by atoms with Gasteiger partial charge < -0.3 is 9.15 Å². The standard InChI is InChI=1S/C21H13BrO3/c22-15-10-11-19(24-16-7-2-1-3-8-16)18(13-15)20-12-14-6-4-5-9-17(14)21(23)25-20/h1-13H. The smallest absolute Gasteiger partial charge is 0.344 e. The lowest BCUT2D eigenvalue weighted by molar-refractivity contribution is 0.478. The maximum Gasteiger partial charge on any atom is 0.344 e. The molecule has 0 unspecified atom stereocenters. The quantitative estimate of drug-likeness (QED) is 0.428. The molecule has 3 nitrogen and oxygen atoms in total. The van der Waals surface area contributed by atoms with Gasteiger partial charge in [0.2, 0.25) is 0 Å². The highest BCUT2D eigenvalue weighted by Gasteiger charge is 2.13. The predicted octanol–water partition coefficient (Wildman–Crippen LogP) is 6.01. The Morgan fingerprint density at radius 1 is 0.840 bits per heavy atom. The predicted molar refractivity (Wildman–Crippen MR) is 102 cm³/mol. The average Bonchev–Trinajstić information content (AvgIpc) is 2.64. The second-order valence-electron chi connectivity index (χ2n) is 5.54. The molecular formula is C21H13BrO3. The van der Waals surface area contributed by atoms with Crippen LogP contribution in [0.2, 0.25) is 0 Å². The molecule has 0 radical (unpaired) electrons. The van der Waals surface area contributed by atoms with E-state index in [2.05, 4.69) is 15.9 Å². The molecule has 4 aromatic rings. The van der Waals surface area contributed by atoms with Crippen LogP contribution in [0.4, 0.5) is 0 Å². The Hall–Kier alpha value is -2.85. The normalized spacial score (nSPS) is 10.8. The number of fused-ring (bicyclic) bond motifs is 1. The van der Waals surface area contributed by atoms with E-state index in [1.807, 2.05) is 72.8 Å². The van der Waals surface area contributed by atoms with E-state index < -0.39 is 0 Å². The molecular weight excluding hydrogens is 380 g/mol. The van der Waals surface area contributed by atoms with Crippen LogP contribution in [0, 0.1) is 0 Å². The van der Waals surface area contributed by atoms with Gasteiger partial charge in [0.25, 0.3) is 0 Å². The van der Waals surface area contributed by atoms with Gasteiger partial charge in [0.15, 0.2) is 0 Å². The summed E-state index contributed by atoms with van der Waals surface area (Å²) in [5, 5.41) is 1.39. The molecule has 0 amide bonds. The van der Waals surface area contributed by atoms with Crippen LogP contribution in [-0.4, -0.2) is 0 Å². The minimum absolute atomic E-state index is 0.362. The highest BCUT2D eigenvalue weighted by molar-refractivity contribution is 9.10. The van der Waals surface area contributed by atoms with Gasteiger partial charge in [-0.1, -0.05) is 52.3 Å². The number of hydrogen-bond donors (Lipinski definition) is 0. The molecule has 0 N–H and O–H groups in total. The van der Waals surface area contributed by atoms with E-state index >= 15 is 0 Å². The van der Waals surface area contributed by atoms with E-state index in [0.717, 1.165) is 9.86 Å². The molecule has 0 atom stereocenters. The fourth-order valence-electron chi connectivity index (χ4n) is 2.67. The van der Waals surface area contributed by atoms with Crippen molar-refractivity contribution in [2.24, 2.45) is 0 Å². The van der Waals surface area contributed by atoms with Crippen LogP contribution in [0.3, 0.4) is 0 Å². The van der Waals surface area contributed by atoms with Crippen LogP contribution in [0.5, 0.6) is 11.5 Å². The highest BCUT2D eigenvalue weighted by atomic mass is 79.9. The van der Waals surface area contributed by atoms with Crippen molar-refractivity contribution in [2.75, 3.05) is 0 Å². The first-order valence-corrected chi connectivity index (χ1v) is 8.56. The SMILES string of the molecule is O=c1oc(-c2cc(Br)ccc2Oc2ccccc2)cc2ccccc12. The summed E-state index contributed by atoms with van der Waals surface area (Å²) in [6.07, 6.45) is 0. The van der Waals surface area contributed by atoms with Crippen molar-refractivity contribution >= 4 is 26.7 Å². The molecule has 0 aliphatic heterocycles. The molecule has 1 heterocycles. The third kappa shape index (κ3) is 3.21. The molecule has 0 fully saturated rings. The molecule has 3 aromatic carbocycles. The monoisotopic (exact) mass is 392 g/mol. The Kier molecular flexibility index (Phi) is 4.12. The second kappa shape index (κ2) is 6.57. The number of hydrogen-bond acceptors (Lipinski definition) is 3. The second-order valence-corrected chi connectivity index (χ2v) is 6.46. The number of halogens is 1. The van der Waals surface area contributed by atoms with Gasteiger partial charge >= 0.3 is 5.63 Å². The minimum atomic E-state index is -0.362. The van der Waals surface area contributed by atoms with Crippen molar-refractivity contribution in [3.05, 3.63) is 93.8 Å². The van der Waals surface area contributed by atoms with Gasteiger partial charge in [0.1, 0.15) is 17.3 Å². The first-order chi connectivity index (χ1) is 12.2. The molecule has 0 saturated heterocycles. The first-order valence-electron chi connectivity index (χ1n) is 7.76. The van der Waals surface area contributed by atoms with E-state index in [1.54, 1.807) is 6.07 Å². The lowest BCUT2D eigenvalue weighted by Crippen LogP contribution is -2.00. The van der Waals surface area contributed by atoms with E-state index in [9.17, 15) is 4.79 Å². The van der Waals surface area contributed by atoms with Gasteiger partial charge in [0.05, 0.1) is 10.9 Å². The zero-order valence-electron chi connectivity index (χ0n) is 13.1. The molecule has 0 aliphatic carbocycles. The highest BCUT2D eigenvalue weighted by Crippen LogP contribution is 2.36. The van der Waals surface area contributed by atoms with Crippen molar-refractivity contribution in [2.45, 2.75) is 0 Å². The average molecular weight is 393 g/mol. The van der Waals surface area contributed by atoms with Crippen molar-refractivity contribution < 1.29 is 9.15 Å². The van der Waals surface area contributed by atoms with Crippen LogP contribution >= 0.6 is 15.9 Å². The Balaban J connectivity index is 1.87. The van der Waals surface area contributed by atoms with Gasteiger partial charge in [-0.2, -0.15) is 0 Å². The Morgan fingerprint density at radius 2 is 1.60 bits per heavy atom. The third-order valence-electron chi connectivity index (χ3n) is 3.85. The van der Waals surface area contributed by atoms with Crippen molar-refractivity contribution in [1.29, 1.82) is 0 Å². The summed E-state index contributed by atoms with van der Waals surface area (Å²) in [4.78, 5) is 12.3. The number of benzene rings is 3. The third-order valence-corrected chi connectivity index (χ3v) is 4.34. The molecule has 0 bridgehead atoms. The largest absolute Gasteiger partial charge is 0.457 e. The number of ether oxygens (including phenoxy) is 1. The van der Waals surface area contributed by atoms with Crippen LogP contribution in [-0.2, 0) is 0 Å². The van der Waals surface area contributed by atoms with E-state index in [-0.39, 0.29) is 5.63 Å². The molecule has 4 heteroatoms.